The van der Waals surface area contributed by atoms with Gasteiger partial charge in [0.1, 0.15) is 11.5 Å². The van der Waals surface area contributed by atoms with Crippen molar-refractivity contribution in [2.24, 2.45) is 0 Å². The molecule has 0 saturated carbocycles. The van der Waals surface area contributed by atoms with E-state index in [9.17, 15) is 5.11 Å². The third kappa shape index (κ3) is 1.61. The summed E-state index contributed by atoms with van der Waals surface area (Å²) in [5, 5.41) is 11.4. The van der Waals surface area contributed by atoms with E-state index in [-0.39, 0.29) is 5.75 Å². The molecule has 1 aromatic carbocycles. The Morgan fingerprint density at radius 3 is 3.00 bits per heavy atom. The van der Waals surface area contributed by atoms with Crippen molar-refractivity contribution in [1.29, 1.82) is 0 Å². The normalized spacial score (nSPS) is 15.9. The second kappa shape index (κ2) is 3.75. The highest BCUT2D eigenvalue weighted by Gasteiger charge is 2.16. The fourth-order valence-electron chi connectivity index (χ4n) is 1.63. The first-order chi connectivity index (χ1) is 6.81. The predicted octanol–water partition coefficient (Wildman–Crippen LogP) is 1.12. The van der Waals surface area contributed by atoms with Gasteiger partial charge in [0.2, 0.25) is 0 Å². The lowest BCUT2D eigenvalue weighted by Gasteiger charge is -2.20. The van der Waals surface area contributed by atoms with Crippen LogP contribution < -0.4 is 15.2 Å². The molecule has 1 heterocycles. The van der Waals surface area contributed by atoms with Gasteiger partial charge in [-0.2, -0.15) is 0 Å². The van der Waals surface area contributed by atoms with Crippen LogP contribution in [0.5, 0.6) is 11.5 Å². The molecule has 2 N–H and O–H groups in total. The van der Waals surface area contributed by atoms with Crippen molar-refractivity contribution in [3.05, 3.63) is 18.2 Å². The number of hydrogen-bond acceptors (Lipinski definition) is 4. The maximum Gasteiger partial charge on any atom is 0.143 e. The minimum Gasteiger partial charge on any atom is -0.508 e. The number of hydrazine groups is 1. The molecule has 1 fully saturated rings. The second-order valence-electron chi connectivity index (χ2n) is 3.27. The van der Waals surface area contributed by atoms with E-state index in [2.05, 4.69) is 5.43 Å². The smallest absolute Gasteiger partial charge is 0.143 e. The number of phenolic OH excluding ortho intramolecular Hbond substituents is 1. The first-order valence-corrected chi connectivity index (χ1v) is 4.69. The van der Waals surface area contributed by atoms with Crippen LogP contribution in [0.3, 0.4) is 0 Å². The molecule has 0 aromatic heterocycles. The van der Waals surface area contributed by atoms with Crippen LogP contribution in [0.2, 0.25) is 0 Å². The summed E-state index contributed by atoms with van der Waals surface area (Å²) in [4.78, 5) is 0. The van der Waals surface area contributed by atoms with Crippen molar-refractivity contribution in [3.8, 4) is 11.5 Å². The molecule has 2 rings (SSSR count). The van der Waals surface area contributed by atoms with E-state index < -0.39 is 0 Å². The molecule has 0 aliphatic carbocycles. The highest BCUT2D eigenvalue weighted by molar-refractivity contribution is 5.61. The number of benzene rings is 1. The van der Waals surface area contributed by atoms with Gasteiger partial charge in [-0.1, -0.05) is 0 Å². The molecule has 0 unspecified atom stereocenters. The Morgan fingerprint density at radius 1 is 1.50 bits per heavy atom. The van der Waals surface area contributed by atoms with Crippen molar-refractivity contribution in [2.75, 3.05) is 25.2 Å². The Morgan fingerprint density at radius 2 is 2.36 bits per heavy atom. The van der Waals surface area contributed by atoms with Crippen LogP contribution in [0.15, 0.2) is 18.2 Å². The van der Waals surface area contributed by atoms with Crippen LogP contribution in [0.25, 0.3) is 0 Å². The molecular weight excluding hydrogens is 180 g/mol. The average molecular weight is 194 g/mol. The molecule has 1 aliphatic heterocycles. The summed E-state index contributed by atoms with van der Waals surface area (Å²) < 4.78 is 5.22. The van der Waals surface area contributed by atoms with Crippen molar-refractivity contribution in [2.45, 2.75) is 6.42 Å². The van der Waals surface area contributed by atoms with Gasteiger partial charge in [-0.05, 0) is 18.6 Å². The fraction of sp³-hybridized carbons (Fsp3) is 0.400. The quantitative estimate of drug-likeness (QED) is 0.740. The van der Waals surface area contributed by atoms with Gasteiger partial charge in [0.05, 0.1) is 12.8 Å². The number of rotatable bonds is 2. The lowest BCUT2D eigenvalue weighted by Crippen LogP contribution is -2.30. The maximum absolute atomic E-state index is 9.38. The number of ether oxygens (including phenoxy) is 1. The van der Waals surface area contributed by atoms with Crippen molar-refractivity contribution in [3.63, 3.8) is 0 Å². The molecule has 4 nitrogen and oxygen atoms in total. The number of hydrogen-bond donors (Lipinski definition) is 2. The number of nitrogens with one attached hydrogen (secondary N) is 1. The highest BCUT2D eigenvalue weighted by atomic mass is 16.5. The maximum atomic E-state index is 9.38. The van der Waals surface area contributed by atoms with E-state index in [4.69, 9.17) is 4.74 Å². The highest BCUT2D eigenvalue weighted by Crippen LogP contribution is 2.31. The molecule has 0 bridgehead atoms. The van der Waals surface area contributed by atoms with Gasteiger partial charge < -0.3 is 14.9 Å². The molecule has 1 aromatic rings. The molecule has 0 atom stereocenters. The Labute approximate surface area is 83.1 Å². The molecule has 0 spiro atoms. The van der Waals surface area contributed by atoms with Crippen LogP contribution in [-0.4, -0.2) is 25.3 Å². The van der Waals surface area contributed by atoms with Crippen LogP contribution >= 0.6 is 0 Å². The van der Waals surface area contributed by atoms with Gasteiger partial charge in [0, 0.05) is 19.2 Å². The van der Waals surface area contributed by atoms with Crippen LogP contribution in [0.1, 0.15) is 6.42 Å². The Kier molecular flexibility index (Phi) is 2.45. The molecule has 1 saturated heterocycles. The Hall–Kier alpha value is -1.42. The van der Waals surface area contributed by atoms with Gasteiger partial charge in [0.15, 0.2) is 0 Å². The van der Waals surface area contributed by atoms with Gasteiger partial charge in [-0.25, -0.2) is 5.43 Å². The number of methoxy groups -OCH3 is 1. The topological polar surface area (TPSA) is 44.7 Å². The van der Waals surface area contributed by atoms with Crippen molar-refractivity contribution >= 4 is 5.69 Å². The largest absolute Gasteiger partial charge is 0.508 e. The van der Waals surface area contributed by atoms with Gasteiger partial charge in [-0.15, -0.1) is 0 Å². The molecular formula is C10H14N2O2. The zero-order valence-corrected chi connectivity index (χ0v) is 8.16. The molecule has 0 amide bonds. The summed E-state index contributed by atoms with van der Waals surface area (Å²) >= 11 is 0. The number of aromatic hydroxyl groups is 1. The van der Waals surface area contributed by atoms with Gasteiger partial charge in [0.25, 0.3) is 0 Å². The summed E-state index contributed by atoms with van der Waals surface area (Å²) in [6.45, 7) is 1.92. The van der Waals surface area contributed by atoms with E-state index in [0.717, 1.165) is 30.9 Å². The number of phenols is 1. The monoisotopic (exact) mass is 194 g/mol. The summed E-state index contributed by atoms with van der Waals surface area (Å²) in [5.74, 6) is 1.03. The Balaban J connectivity index is 2.33. The zero-order chi connectivity index (χ0) is 9.97. The summed E-state index contributed by atoms with van der Waals surface area (Å²) in [6, 6.07) is 5.10. The van der Waals surface area contributed by atoms with E-state index in [1.54, 1.807) is 25.3 Å². The van der Waals surface area contributed by atoms with E-state index in [0.29, 0.717) is 0 Å². The van der Waals surface area contributed by atoms with E-state index in [1.807, 2.05) is 5.01 Å². The fourth-order valence-corrected chi connectivity index (χ4v) is 1.63. The van der Waals surface area contributed by atoms with Gasteiger partial charge >= 0.3 is 0 Å². The molecule has 1 aliphatic rings. The van der Waals surface area contributed by atoms with Crippen molar-refractivity contribution < 1.29 is 9.84 Å². The molecule has 4 heteroatoms. The van der Waals surface area contributed by atoms with Crippen LogP contribution in [0, 0.1) is 0 Å². The summed E-state index contributed by atoms with van der Waals surface area (Å²) in [5.41, 5.74) is 4.11. The average Bonchev–Trinajstić information content (AvgIpc) is 2.70. The first-order valence-electron chi connectivity index (χ1n) is 4.69. The lowest BCUT2D eigenvalue weighted by molar-refractivity contribution is 0.411. The molecule has 14 heavy (non-hydrogen) atoms. The van der Waals surface area contributed by atoms with E-state index in [1.165, 1.54) is 0 Å². The minimum absolute atomic E-state index is 0.259. The summed E-state index contributed by atoms with van der Waals surface area (Å²) in [6.07, 6.45) is 1.11. The SMILES string of the molecule is COc1ccc(O)cc1N1CCCN1. The number of nitrogens with zero attached hydrogens (tertiary/aromatic N) is 1. The minimum atomic E-state index is 0.259. The summed E-state index contributed by atoms with van der Waals surface area (Å²) in [7, 11) is 1.63. The predicted molar refractivity (Wildman–Crippen MR) is 54.6 cm³/mol. The van der Waals surface area contributed by atoms with Gasteiger partial charge in [-0.3, -0.25) is 0 Å². The van der Waals surface area contributed by atoms with Crippen LogP contribution in [0.4, 0.5) is 5.69 Å². The lowest BCUT2D eigenvalue weighted by atomic mass is 10.2. The standard InChI is InChI=1S/C10H14N2O2/c1-14-10-4-3-8(13)7-9(10)12-6-2-5-11-12/h3-4,7,11,13H,2,5-6H2,1H3. The first kappa shape index (κ1) is 9.15. The molecule has 0 radical (unpaired) electrons. The van der Waals surface area contributed by atoms with E-state index >= 15 is 0 Å². The third-order valence-electron chi connectivity index (χ3n) is 2.31. The second-order valence-corrected chi connectivity index (χ2v) is 3.27. The van der Waals surface area contributed by atoms with Crippen molar-refractivity contribution in [1.82, 2.24) is 5.43 Å². The molecule has 76 valence electrons. The third-order valence-corrected chi connectivity index (χ3v) is 2.31. The Bertz CT molecular complexity index is 322. The van der Waals surface area contributed by atoms with Crippen LogP contribution in [-0.2, 0) is 0 Å². The zero-order valence-electron chi connectivity index (χ0n) is 8.16. The number of anilines is 1.